The zero-order valence-corrected chi connectivity index (χ0v) is 10.3. The van der Waals surface area contributed by atoms with Crippen molar-refractivity contribution in [3.05, 3.63) is 0 Å². The van der Waals surface area contributed by atoms with E-state index in [9.17, 15) is 18.3 Å². The zero-order chi connectivity index (χ0) is 13.1. The van der Waals surface area contributed by atoms with Crippen LogP contribution in [-0.2, 0) is 0 Å². The van der Waals surface area contributed by atoms with E-state index in [4.69, 9.17) is 0 Å². The van der Waals surface area contributed by atoms with Crippen molar-refractivity contribution in [1.29, 1.82) is 0 Å². The fourth-order valence-corrected chi connectivity index (χ4v) is 2.15. The minimum atomic E-state index is -4.22. The van der Waals surface area contributed by atoms with Crippen LogP contribution >= 0.6 is 0 Å². The van der Waals surface area contributed by atoms with Crippen LogP contribution in [-0.4, -0.2) is 54.0 Å². The van der Waals surface area contributed by atoms with Gasteiger partial charge in [-0.05, 0) is 26.7 Å². The maximum absolute atomic E-state index is 12.2. The van der Waals surface area contributed by atoms with Crippen molar-refractivity contribution in [2.45, 2.75) is 44.4 Å². The lowest BCUT2D eigenvalue weighted by atomic mass is 9.87. The Morgan fingerprint density at radius 1 is 1.29 bits per heavy atom. The zero-order valence-electron chi connectivity index (χ0n) is 10.3. The molecule has 0 atom stereocenters. The molecule has 0 aromatic carbocycles. The van der Waals surface area contributed by atoms with Crippen molar-refractivity contribution in [1.82, 2.24) is 10.2 Å². The summed E-state index contributed by atoms with van der Waals surface area (Å²) in [6, 6.07) is 0.398. The van der Waals surface area contributed by atoms with Crippen LogP contribution in [0.15, 0.2) is 0 Å². The van der Waals surface area contributed by atoms with Crippen LogP contribution in [0.3, 0.4) is 0 Å². The van der Waals surface area contributed by atoms with Crippen molar-refractivity contribution in [3.8, 4) is 0 Å². The SMILES string of the molecule is CC(C)N1CCC(CO)(NCC(F)(F)F)CC1. The van der Waals surface area contributed by atoms with Gasteiger partial charge in [-0.1, -0.05) is 0 Å². The molecular weight excluding hydrogens is 233 g/mol. The molecule has 0 bridgehead atoms. The number of halogens is 3. The molecule has 1 fully saturated rings. The fourth-order valence-electron chi connectivity index (χ4n) is 2.15. The molecule has 0 saturated carbocycles. The topological polar surface area (TPSA) is 35.5 Å². The molecule has 0 spiro atoms. The molecule has 1 saturated heterocycles. The first-order chi connectivity index (χ1) is 7.78. The Kier molecular flexibility index (Phi) is 4.80. The second-order valence-electron chi connectivity index (χ2n) is 5.04. The average Bonchev–Trinajstić information content (AvgIpc) is 2.26. The number of aliphatic hydroxyl groups is 1. The largest absolute Gasteiger partial charge is 0.401 e. The van der Waals surface area contributed by atoms with E-state index in [0.29, 0.717) is 18.9 Å². The predicted molar refractivity (Wildman–Crippen MR) is 59.8 cm³/mol. The van der Waals surface area contributed by atoms with E-state index >= 15 is 0 Å². The minimum absolute atomic E-state index is 0.241. The summed E-state index contributed by atoms with van der Waals surface area (Å²) in [6.07, 6.45) is -3.12. The quantitative estimate of drug-likeness (QED) is 0.795. The van der Waals surface area contributed by atoms with Crippen molar-refractivity contribution < 1.29 is 18.3 Å². The van der Waals surface area contributed by atoms with Crippen LogP contribution in [0.5, 0.6) is 0 Å². The lowest BCUT2D eigenvalue weighted by Gasteiger charge is -2.43. The molecule has 1 rings (SSSR count). The van der Waals surface area contributed by atoms with E-state index in [0.717, 1.165) is 13.1 Å². The van der Waals surface area contributed by atoms with Gasteiger partial charge in [0.15, 0.2) is 0 Å². The van der Waals surface area contributed by atoms with Gasteiger partial charge in [0.25, 0.3) is 0 Å². The monoisotopic (exact) mass is 254 g/mol. The van der Waals surface area contributed by atoms with Crippen LogP contribution < -0.4 is 5.32 Å². The van der Waals surface area contributed by atoms with Crippen LogP contribution in [0.25, 0.3) is 0 Å². The number of rotatable bonds is 4. The van der Waals surface area contributed by atoms with Gasteiger partial charge < -0.3 is 15.3 Å². The van der Waals surface area contributed by atoms with Gasteiger partial charge >= 0.3 is 6.18 Å². The summed E-state index contributed by atoms with van der Waals surface area (Å²) in [5, 5.41) is 11.8. The molecule has 0 aromatic rings. The Morgan fingerprint density at radius 3 is 2.18 bits per heavy atom. The van der Waals surface area contributed by atoms with E-state index in [-0.39, 0.29) is 6.61 Å². The summed E-state index contributed by atoms with van der Waals surface area (Å²) in [7, 11) is 0. The summed E-state index contributed by atoms with van der Waals surface area (Å²) >= 11 is 0. The van der Waals surface area contributed by atoms with E-state index in [2.05, 4.69) is 24.1 Å². The predicted octanol–water partition coefficient (Wildman–Crippen LogP) is 1.37. The van der Waals surface area contributed by atoms with Crippen molar-refractivity contribution in [2.75, 3.05) is 26.2 Å². The van der Waals surface area contributed by atoms with Crippen LogP contribution in [0.4, 0.5) is 13.2 Å². The number of nitrogens with zero attached hydrogens (tertiary/aromatic N) is 1. The summed E-state index contributed by atoms with van der Waals surface area (Å²) in [6.45, 7) is 4.31. The van der Waals surface area contributed by atoms with Crippen molar-refractivity contribution in [3.63, 3.8) is 0 Å². The summed E-state index contributed by atoms with van der Waals surface area (Å²) in [5.74, 6) is 0. The van der Waals surface area contributed by atoms with Gasteiger partial charge in [-0.2, -0.15) is 13.2 Å². The highest BCUT2D eigenvalue weighted by Crippen LogP contribution is 2.24. The van der Waals surface area contributed by atoms with Gasteiger partial charge in [-0.3, -0.25) is 0 Å². The molecule has 0 unspecified atom stereocenters. The smallest absolute Gasteiger partial charge is 0.394 e. The molecule has 0 aromatic heterocycles. The van der Waals surface area contributed by atoms with Crippen molar-refractivity contribution >= 4 is 0 Å². The van der Waals surface area contributed by atoms with Gasteiger partial charge in [0, 0.05) is 24.7 Å². The summed E-state index contributed by atoms with van der Waals surface area (Å²) < 4.78 is 36.5. The van der Waals surface area contributed by atoms with Gasteiger partial charge in [-0.15, -0.1) is 0 Å². The maximum atomic E-state index is 12.2. The lowest BCUT2D eigenvalue weighted by Crippen LogP contribution is -2.58. The lowest BCUT2D eigenvalue weighted by molar-refractivity contribution is -0.131. The van der Waals surface area contributed by atoms with Crippen LogP contribution in [0.2, 0.25) is 0 Å². The molecule has 0 radical (unpaired) electrons. The van der Waals surface area contributed by atoms with Gasteiger partial charge in [-0.25, -0.2) is 0 Å². The number of aliphatic hydroxyl groups excluding tert-OH is 1. The third kappa shape index (κ3) is 4.44. The Hall–Kier alpha value is -0.330. The molecule has 1 aliphatic heterocycles. The highest BCUT2D eigenvalue weighted by Gasteiger charge is 2.38. The number of alkyl halides is 3. The third-order valence-electron chi connectivity index (χ3n) is 3.45. The first kappa shape index (κ1) is 14.7. The number of likely N-dealkylation sites (tertiary alicyclic amines) is 1. The molecule has 3 nitrogen and oxygen atoms in total. The van der Waals surface area contributed by atoms with Gasteiger partial charge in [0.2, 0.25) is 0 Å². The highest BCUT2D eigenvalue weighted by molar-refractivity contribution is 4.94. The fraction of sp³-hybridized carbons (Fsp3) is 1.00. The number of nitrogens with one attached hydrogen (secondary N) is 1. The van der Waals surface area contributed by atoms with Crippen LogP contribution in [0.1, 0.15) is 26.7 Å². The number of hydrogen-bond acceptors (Lipinski definition) is 3. The van der Waals surface area contributed by atoms with E-state index in [1.165, 1.54) is 0 Å². The Morgan fingerprint density at radius 2 is 1.82 bits per heavy atom. The Bertz CT molecular complexity index is 235. The third-order valence-corrected chi connectivity index (χ3v) is 3.45. The number of hydrogen-bond donors (Lipinski definition) is 2. The molecule has 1 aliphatic rings. The van der Waals surface area contributed by atoms with E-state index in [1.54, 1.807) is 0 Å². The molecule has 0 aliphatic carbocycles. The molecule has 6 heteroatoms. The molecule has 0 amide bonds. The molecule has 2 N–H and O–H groups in total. The first-order valence-corrected chi connectivity index (χ1v) is 5.95. The molecule has 1 heterocycles. The van der Waals surface area contributed by atoms with Crippen molar-refractivity contribution in [2.24, 2.45) is 0 Å². The minimum Gasteiger partial charge on any atom is -0.394 e. The summed E-state index contributed by atoms with van der Waals surface area (Å²) in [4.78, 5) is 2.21. The first-order valence-electron chi connectivity index (χ1n) is 5.95. The standard InChI is InChI=1S/C11H21F3N2O/c1-9(2)16-5-3-10(8-17,4-6-16)15-7-11(12,13)14/h9,15,17H,3-8H2,1-2H3. The van der Waals surface area contributed by atoms with Crippen LogP contribution in [0, 0.1) is 0 Å². The molecular formula is C11H21F3N2O. The van der Waals surface area contributed by atoms with Gasteiger partial charge in [0.05, 0.1) is 13.2 Å². The molecule has 102 valence electrons. The normalized spacial score (nSPS) is 22.1. The maximum Gasteiger partial charge on any atom is 0.401 e. The average molecular weight is 254 g/mol. The molecule has 17 heavy (non-hydrogen) atoms. The Balaban J connectivity index is 2.49. The van der Waals surface area contributed by atoms with Gasteiger partial charge in [0.1, 0.15) is 0 Å². The number of piperidine rings is 1. The second kappa shape index (κ2) is 5.54. The summed E-state index contributed by atoms with van der Waals surface area (Å²) in [5.41, 5.74) is -0.763. The Labute approximate surface area is 100.0 Å². The van der Waals surface area contributed by atoms with E-state index in [1.807, 2.05) is 0 Å². The van der Waals surface area contributed by atoms with E-state index < -0.39 is 18.3 Å². The highest BCUT2D eigenvalue weighted by atomic mass is 19.4. The second-order valence-corrected chi connectivity index (χ2v) is 5.04.